The van der Waals surface area contributed by atoms with Crippen molar-refractivity contribution in [2.75, 3.05) is 0 Å². The Bertz CT molecular complexity index is 809. The molecule has 3 aromatic rings. The van der Waals surface area contributed by atoms with Crippen molar-refractivity contribution in [1.82, 2.24) is 15.3 Å². The fourth-order valence-corrected chi connectivity index (χ4v) is 1.98. The van der Waals surface area contributed by atoms with Crippen LogP contribution in [0.3, 0.4) is 0 Å². The Labute approximate surface area is 126 Å². The first kappa shape index (κ1) is 14.6. The Morgan fingerprint density at radius 3 is 2.36 bits per heavy atom. The van der Waals surface area contributed by atoms with Crippen molar-refractivity contribution in [3.63, 3.8) is 0 Å². The Balaban J connectivity index is 2.05. The van der Waals surface area contributed by atoms with Crippen LogP contribution >= 0.6 is 11.6 Å². The van der Waals surface area contributed by atoms with Gasteiger partial charge in [-0.25, -0.2) is 0 Å². The molecule has 0 unspecified atom stereocenters. The van der Waals surface area contributed by atoms with Crippen LogP contribution in [-0.2, 0) is 6.18 Å². The number of hydrogen-bond donors (Lipinski definition) is 0. The zero-order chi connectivity index (χ0) is 15.9. The molecule has 2 heterocycles. The quantitative estimate of drug-likeness (QED) is 0.698. The van der Waals surface area contributed by atoms with Crippen LogP contribution in [0.4, 0.5) is 13.2 Å². The minimum Gasteiger partial charge on any atom is -0.351 e. The second kappa shape index (κ2) is 5.13. The molecule has 5 nitrogen and oxygen atoms in total. The van der Waals surface area contributed by atoms with E-state index in [1.54, 1.807) is 24.3 Å². The molecule has 0 aliphatic heterocycles. The molecule has 0 fully saturated rings. The summed E-state index contributed by atoms with van der Waals surface area (Å²) in [7, 11) is 0. The molecule has 0 radical (unpaired) electrons. The zero-order valence-corrected chi connectivity index (χ0v) is 11.7. The predicted octanol–water partition coefficient (Wildman–Crippen LogP) is 4.37. The lowest BCUT2D eigenvalue weighted by Gasteiger charge is -2.01. The first-order valence-electron chi connectivity index (χ1n) is 6.00. The summed E-state index contributed by atoms with van der Waals surface area (Å²) in [5, 5.41) is 7.50. The van der Waals surface area contributed by atoms with E-state index in [9.17, 15) is 13.2 Å². The molecule has 0 spiro atoms. The SMILES string of the molecule is Cc1noc(C(F)(F)F)c1-c1nc(-c2ccc(Cl)cc2)no1. The van der Waals surface area contributed by atoms with Crippen LogP contribution in [-0.4, -0.2) is 15.3 Å². The number of rotatable bonds is 2. The van der Waals surface area contributed by atoms with E-state index in [1.807, 2.05) is 0 Å². The highest BCUT2D eigenvalue weighted by atomic mass is 35.5. The molecule has 0 bridgehead atoms. The van der Waals surface area contributed by atoms with E-state index in [1.165, 1.54) is 6.92 Å². The Morgan fingerprint density at radius 2 is 1.73 bits per heavy atom. The average molecular weight is 330 g/mol. The van der Waals surface area contributed by atoms with Crippen molar-refractivity contribution in [1.29, 1.82) is 0 Å². The zero-order valence-electron chi connectivity index (χ0n) is 11.0. The molecule has 2 aromatic heterocycles. The molecule has 0 saturated heterocycles. The Hall–Kier alpha value is -2.35. The van der Waals surface area contributed by atoms with Gasteiger partial charge in [-0.1, -0.05) is 21.9 Å². The van der Waals surface area contributed by atoms with Crippen LogP contribution in [0.25, 0.3) is 22.8 Å². The van der Waals surface area contributed by atoms with Crippen molar-refractivity contribution in [3.8, 4) is 22.8 Å². The average Bonchev–Trinajstić information content (AvgIpc) is 3.05. The predicted molar refractivity (Wildman–Crippen MR) is 70.0 cm³/mol. The van der Waals surface area contributed by atoms with Gasteiger partial charge in [-0.2, -0.15) is 18.2 Å². The van der Waals surface area contributed by atoms with Gasteiger partial charge in [-0.15, -0.1) is 0 Å². The molecule has 9 heteroatoms. The fraction of sp³-hybridized carbons (Fsp3) is 0.154. The maximum atomic E-state index is 12.9. The van der Waals surface area contributed by atoms with E-state index in [4.69, 9.17) is 16.1 Å². The minimum absolute atomic E-state index is 0.0126. The summed E-state index contributed by atoms with van der Waals surface area (Å²) in [6.45, 7) is 1.36. The van der Waals surface area contributed by atoms with Crippen LogP contribution in [0, 0.1) is 6.92 Å². The van der Waals surface area contributed by atoms with Gasteiger partial charge in [0.15, 0.2) is 0 Å². The van der Waals surface area contributed by atoms with E-state index in [2.05, 4.69) is 19.8 Å². The second-order valence-corrected chi connectivity index (χ2v) is 4.84. The number of alkyl halides is 3. The molecule has 3 rings (SSSR count). The van der Waals surface area contributed by atoms with Gasteiger partial charge in [0.2, 0.25) is 5.82 Å². The number of aromatic nitrogens is 3. The summed E-state index contributed by atoms with van der Waals surface area (Å²) in [4.78, 5) is 3.97. The molecule has 1 aromatic carbocycles. The highest BCUT2D eigenvalue weighted by Crippen LogP contribution is 2.38. The van der Waals surface area contributed by atoms with E-state index in [-0.39, 0.29) is 23.0 Å². The molecule has 0 saturated carbocycles. The fourth-order valence-electron chi connectivity index (χ4n) is 1.86. The third-order valence-electron chi connectivity index (χ3n) is 2.86. The number of halogens is 4. The molecule has 22 heavy (non-hydrogen) atoms. The van der Waals surface area contributed by atoms with Gasteiger partial charge in [0.05, 0.1) is 5.69 Å². The third kappa shape index (κ3) is 2.57. The van der Waals surface area contributed by atoms with Crippen LogP contribution < -0.4 is 0 Å². The van der Waals surface area contributed by atoms with Crippen LogP contribution in [0.1, 0.15) is 11.5 Å². The number of hydrogen-bond acceptors (Lipinski definition) is 5. The van der Waals surface area contributed by atoms with E-state index in [0.29, 0.717) is 10.6 Å². The number of benzene rings is 1. The maximum absolute atomic E-state index is 12.9. The van der Waals surface area contributed by atoms with Gasteiger partial charge in [0, 0.05) is 10.6 Å². The largest absolute Gasteiger partial charge is 0.453 e. The normalized spacial score (nSPS) is 11.9. The molecule has 0 aliphatic rings. The van der Waals surface area contributed by atoms with Crippen molar-refractivity contribution in [2.24, 2.45) is 0 Å². The highest BCUT2D eigenvalue weighted by Gasteiger charge is 2.41. The Kier molecular flexibility index (Phi) is 3.40. The number of aryl methyl sites for hydroxylation is 1. The lowest BCUT2D eigenvalue weighted by molar-refractivity contribution is -0.155. The van der Waals surface area contributed by atoms with Gasteiger partial charge < -0.3 is 9.05 Å². The highest BCUT2D eigenvalue weighted by molar-refractivity contribution is 6.30. The van der Waals surface area contributed by atoms with Crippen molar-refractivity contribution < 1.29 is 22.2 Å². The monoisotopic (exact) mass is 329 g/mol. The summed E-state index contributed by atoms with van der Waals surface area (Å²) in [5.74, 6) is -1.44. The first-order valence-corrected chi connectivity index (χ1v) is 6.37. The van der Waals surface area contributed by atoms with E-state index < -0.39 is 11.9 Å². The smallest absolute Gasteiger partial charge is 0.351 e. The molecule has 0 amide bonds. The standard InChI is InChI=1S/C13H7ClF3N3O2/c1-6-9(10(21-19-6)13(15,16)17)12-18-11(20-22-12)7-2-4-8(14)5-3-7/h2-5H,1H3. The lowest BCUT2D eigenvalue weighted by Crippen LogP contribution is -2.05. The van der Waals surface area contributed by atoms with Crippen LogP contribution in [0.5, 0.6) is 0 Å². The van der Waals surface area contributed by atoms with Crippen LogP contribution in [0.2, 0.25) is 5.02 Å². The lowest BCUT2D eigenvalue weighted by atomic mass is 10.2. The van der Waals surface area contributed by atoms with E-state index >= 15 is 0 Å². The summed E-state index contributed by atoms with van der Waals surface area (Å²) in [5.41, 5.74) is 0.209. The minimum atomic E-state index is -4.70. The topological polar surface area (TPSA) is 65.0 Å². The second-order valence-electron chi connectivity index (χ2n) is 4.40. The summed E-state index contributed by atoms with van der Waals surface area (Å²) in [6.07, 6.45) is -4.70. The molecule has 114 valence electrons. The molecule has 0 N–H and O–H groups in total. The maximum Gasteiger partial charge on any atom is 0.453 e. The molecule has 0 atom stereocenters. The molecular weight excluding hydrogens is 323 g/mol. The van der Waals surface area contributed by atoms with Crippen LogP contribution in [0.15, 0.2) is 33.3 Å². The van der Waals surface area contributed by atoms with Crippen molar-refractivity contribution >= 4 is 11.6 Å². The van der Waals surface area contributed by atoms with Gasteiger partial charge in [-0.3, -0.25) is 0 Å². The molecule has 0 aliphatic carbocycles. The Morgan fingerprint density at radius 1 is 1.05 bits per heavy atom. The first-order chi connectivity index (χ1) is 10.4. The van der Waals surface area contributed by atoms with E-state index in [0.717, 1.165) is 0 Å². The van der Waals surface area contributed by atoms with Gasteiger partial charge in [-0.05, 0) is 31.2 Å². The van der Waals surface area contributed by atoms with Crippen molar-refractivity contribution in [3.05, 3.63) is 40.7 Å². The summed E-state index contributed by atoms with van der Waals surface area (Å²) >= 11 is 5.77. The summed E-state index contributed by atoms with van der Waals surface area (Å²) in [6, 6.07) is 6.47. The number of nitrogens with zero attached hydrogens (tertiary/aromatic N) is 3. The third-order valence-corrected chi connectivity index (χ3v) is 3.11. The van der Waals surface area contributed by atoms with Gasteiger partial charge in [0.25, 0.3) is 11.7 Å². The van der Waals surface area contributed by atoms with Crippen molar-refractivity contribution in [2.45, 2.75) is 13.1 Å². The van der Waals surface area contributed by atoms with Gasteiger partial charge in [0.1, 0.15) is 5.56 Å². The molecular formula is C13H7ClF3N3O2. The summed E-state index contributed by atoms with van der Waals surface area (Å²) < 4.78 is 47.9. The van der Waals surface area contributed by atoms with Gasteiger partial charge >= 0.3 is 6.18 Å².